The van der Waals surface area contributed by atoms with Crippen molar-refractivity contribution in [2.24, 2.45) is 0 Å². The highest BCUT2D eigenvalue weighted by molar-refractivity contribution is 5.77. The fraction of sp³-hybridized carbons (Fsp3) is 0.409. The summed E-state index contributed by atoms with van der Waals surface area (Å²) in [7, 11) is 3.03. The molecule has 156 valence electrons. The monoisotopic (exact) mass is 405 g/mol. The Hall–Kier alpha value is -2.83. The average molecular weight is 405 g/mol. The molecule has 0 bridgehead atoms. The van der Waals surface area contributed by atoms with Crippen LogP contribution in [-0.4, -0.2) is 26.7 Å². The lowest BCUT2D eigenvalue weighted by Gasteiger charge is -2.25. The summed E-state index contributed by atoms with van der Waals surface area (Å²) in [5, 5.41) is 2.87. The van der Waals surface area contributed by atoms with Gasteiger partial charge < -0.3 is 19.5 Å². The van der Waals surface area contributed by atoms with E-state index in [1.807, 2.05) is 18.2 Å². The van der Waals surface area contributed by atoms with Crippen molar-refractivity contribution in [1.29, 1.82) is 0 Å². The van der Waals surface area contributed by atoms with Crippen LogP contribution in [0.4, 0.5) is 8.78 Å². The molecule has 1 aliphatic carbocycles. The van der Waals surface area contributed by atoms with Crippen LogP contribution in [0.1, 0.15) is 41.9 Å². The van der Waals surface area contributed by atoms with Gasteiger partial charge in [-0.2, -0.15) is 8.78 Å². The number of aryl methyl sites for hydroxylation is 1. The minimum Gasteiger partial charge on any atom is -0.497 e. The Balaban J connectivity index is 1.61. The van der Waals surface area contributed by atoms with Crippen LogP contribution in [0.25, 0.3) is 0 Å². The lowest BCUT2D eigenvalue weighted by molar-refractivity contribution is -0.121. The third-order valence-electron chi connectivity index (χ3n) is 5.15. The predicted octanol–water partition coefficient (Wildman–Crippen LogP) is 4.43. The minimum absolute atomic E-state index is 0.0515. The predicted molar refractivity (Wildman–Crippen MR) is 105 cm³/mol. The molecule has 0 aliphatic heterocycles. The topological polar surface area (TPSA) is 56.8 Å². The van der Waals surface area contributed by atoms with Crippen LogP contribution >= 0.6 is 0 Å². The summed E-state index contributed by atoms with van der Waals surface area (Å²) < 4.78 is 39.9. The fourth-order valence-electron chi connectivity index (χ4n) is 3.75. The van der Waals surface area contributed by atoms with Crippen LogP contribution in [0.15, 0.2) is 36.4 Å². The van der Waals surface area contributed by atoms with Crippen molar-refractivity contribution in [2.45, 2.75) is 44.8 Å². The number of carbonyl (C=O) groups excluding carboxylic acids is 1. The quantitative estimate of drug-likeness (QED) is 0.706. The Morgan fingerprint density at radius 1 is 1.14 bits per heavy atom. The summed E-state index contributed by atoms with van der Waals surface area (Å²) in [6, 6.07) is 10.7. The lowest BCUT2D eigenvalue weighted by Crippen LogP contribution is -2.25. The molecule has 5 nitrogen and oxygen atoms in total. The second-order valence-corrected chi connectivity index (χ2v) is 7.00. The van der Waals surface area contributed by atoms with Crippen molar-refractivity contribution in [2.75, 3.05) is 14.2 Å². The van der Waals surface area contributed by atoms with Crippen molar-refractivity contribution in [3.63, 3.8) is 0 Å². The number of rotatable bonds is 8. The number of carbonyl (C=O) groups is 1. The van der Waals surface area contributed by atoms with E-state index >= 15 is 0 Å². The number of halogens is 2. The molecule has 0 saturated carbocycles. The molecular formula is C22H25F2NO4. The van der Waals surface area contributed by atoms with Gasteiger partial charge in [0, 0.05) is 13.0 Å². The standard InChI is InChI=1S/C22H25F2NO4/c1-27-17-7-8-18-15(11-17)4-3-5-16(18)12-21(26)25-13-14-6-9-19(28-2)20(10-14)29-22(23)24/h6-11,16,22H,3-5,12-13H2,1-2H3,(H,25,26). The molecule has 1 amide bonds. The van der Waals surface area contributed by atoms with Gasteiger partial charge in [-0.1, -0.05) is 12.1 Å². The lowest BCUT2D eigenvalue weighted by atomic mass is 9.81. The number of nitrogens with one attached hydrogen (secondary N) is 1. The molecule has 0 heterocycles. The number of ether oxygens (including phenoxy) is 3. The molecule has 0 fully saturated rings. The highest BCUT2D eigenvalue weighted by Gasteiger charge is 2.23. The van der Waals surface area contributed by atoms with Crippen molar-refractivity contribution in [3.05, 3.63) is 53.1 Å². The van der Waals surface area contributed by atoms with Crippen LogP contribution in [0.3, 0.4) is 0 Å². The van der Waals surface area contributed by atoms with Gasteiger partial charge in [-0.05, 0) is 66.1 Å². The zero-order valence-corrected chi connectivity index (χ0v) is 16.5. The minimum atomic E-state index is -2.95. The van der Waals surface area contributed by atoms with Gasteiger partial charge in [-0.15, -0.1) is 0 Å². The first-order chi connectivity index (χ1) is 14.0. The van der Waals surface area contributed by atoms with Crippen LogP contribution in [0, 0.1) is 0 Å². The number of hydrogen-bond donors (Lipinski definition) is 1. The van der Waals surface area contributed by atoms with Crippen molar-refractivity contribution >= 4 is 5.91 Å². The molecule has 1 atom stereocenters. The third kappa shape index (κ3) is 5.37. The van der Waals surface area contributed by atoms with Crippen molar-refractivity contribution in [3.8, 4) is 17.2 Å². The molecule has 0 saturated heterocycles. The normalized spacial score (nSPS) is 15.6. The molecule has 3 rings (SSSR count). The molecule has 1 unspecified atom stereocenters. The number of fused-ring (bicyclic) bond motifs is 1. The summed E-state index contributed by atoms with van der Waals surface area (Å²) in [6.45, 7) is -2.72. The van der Waals surface area contributed by atoms with Gasteiger partial charge >= 0.3 is 6.61 Å². The van der Waals surface area contributed by atoms with Crippen LogP contribution in [0.2, 0.25) is 0 Å². The zero-order chi connectivity index (χ0) is 20.8. The number of amides is 1. The average Bonchev–Trinajstić information content (AvgIpc) is 2.71. The van der Waals surface area contributed by atoms with Gasteiger partial charge in [0.05, 0.1) is 14.2 Å². The summed E-state index contributed by atoms with van der Waals surface area (Å²) in [5.41, 5.74) is 3.09. The maximum atomic E-state index is 12.6. The van der Waals surface area contributed by atoms with Gasteiger partial charge in [0.25, 0.3) is 0 Å². The van der Waals surface area contributed by atoms with Gasteiger partial charge in [0.2, 0.25) is 5.91 Å². The largest absolute Gasteiger partial charge is 0.497 e. The Morgan fingerprint density at radius 2 is 1.97 bits per heavy atom. The molecule has 29 heavy (non-hydrogen) atoms. The SMILES string of the molecule is COc1ccc2c(c1)CCCC2CC(=O)NCc1ccc(OC)c(OC(F)F)c1. The molecule has 0 spiro atoms. The summed E-state index contributed by atoms with van der Waals surface area (Å²) in [4.78, 5) is 12.5. The summed E-state index contributed by atoms with van der Waals surface area (Å²) >= 11 is 0. The third-order valence-corrected chi connectivity index (χ3v) is 5.15. The maximum absolute atomic E-state index is 12.6. The molecule has 0 radical (unpaired) electrons. The molecule has 7 heteroatoms. The smallest absolute Gasteiger partial charge is 0.387 e. The van der Waals surface area contributed by atoms with Crippen LogP contribution < -0.4 is 19.5 Å². The molecule has 2 aromatic rings. The highest BCUT2D eigenvalue weighted by Crippen LogP contribution is 2.36. The first-order valence-corrected chi connectivity index (χ1v) is 9.55. The van der Waals surface area contributed by atoms with E-state index in [4.69, 9.17) is 9.47 Å². The van der Waals surface area contributed by atoms with E-state index in [2.05, 4.69) is 10.1 Å². The van der Waals surface area contributed by atoms with Crippen LogP contribution in [-0.2, 0) is 17.8 Å². The zero-order valence-electron chi connectivity index (χ0n) is 16.5. The first kappa shape index (κ1) is 20.9. The molecular weight excluding hydrogens is 380 g/mol. The van der Waals surface area contributed by atoms with E-state index in [1.165, 1.54) is 24.3 Å². The van der Waals surface area contributed by atoms with E-state index in [9.17, 15) is 13.6 Å². The second kappa shape index (κ2) is 9.58. The number of benzene rings is 2. The van der Waals surface area contributed by atoms with Gasteiger partial charge in [-0.25, -0.2) is 0 Å². The van der Waals surface area contributed by atoms with Crippen molar-refractivity contribution < 1.29 is 27.8 Å². The Kier molecular flexibility index (Phi) is 6.90. The van der Waals surface area contributed by atoms with E-state index in [-0.39, 0.29) is 29.9 Å². The Bertz CT molecular complexity index is 857. The van der Waals surface area contributed by atoms with Crippen LogP contribution in [0.5, 0.6) is 17.2 Å². The van der Waals surface area contributed by atoms with Gasteiger partial charge in [-0.3, -0.25) is 4.79 Å². The summed E-state index contributed by atoms with van der Waals surface area (Å²) in [6.07, 6.45) is 3.37. The fourth-order valence-corrected chi connectivity index (χ4v) is 3.75. The highest BCUT2D eigenvalue weighted by atomic mass is 19.3. The molecule has 2 aromatic carbocycles. The first-order valence-electron chi connectivity index (χ1n) is 9.55. The summed E-state index contributed by atoms with van der Waals surface area (Å²) in [5.74, 6) is 1.08. The second-order valence-electron chi connectivity index (χ2n) is 7.00. The van der Waals surface area contributed by atoms with E-state index in [1.54, 1.807) is 19.2 Å². The van der Waals surface area contributed by atoms with Gasteiger partial charge in [0.15, 0.2) is 11.5 Å². The van der Waals surface area contributed by atoms with Gasteiger partial charge in [0.1, 0.15) is 5.75 Å². The Labute approximate surface area is 169 Å². The molecule has 0 aromatic heterocycles. The van der Waals surface area contributed by atoms with E-state index in [0.29, 0.717) is 12.0 Å². The number of hydrogen-bond acceptors (Lipinski definition) is 4. The number of methoxy groups -OCH3 is 2. The maximum Gasteiger partial charge on any atom is 0.387 e. The van der Waals surface area contributed by atoms with Crippen molar-refractivity contribution in [1.82, 2.24) is 5.32 Å². The van der Waals surface area contributed by atoms with E-state index < -0.39 is 6.61 Å². The Morgan fingerprint density at radius 3 is 2.69 bits per heavy atom. The molecule has 1 aliphatic rings. The van der Waals surface area contributed by atoms with E-state index in [0.717, 1.165) is 25.0 Å². The number of alkyl halides is 2. The molecule has 1 N–H and O–H groups in total.